The van der Waals surface area contributed by atoms with Crippen LogP contribution in [0.5, 0.6) is 0 Å². The van der Waals surface area contributed by atoms with Gasteiger partial charge in [0.1, 0.15) is 17.9 Å². The molecule has 1 saturated heterocycles. The van der Waals surface area contributed by atoms with Gasteiger partial charge < -0.3 is 23.8 Å². The molecule has 0 amide bonds. The van der Waals surface area contributed by atoms with Gasteiger partial charge in [0.25, 0.3) is 5.79 Å². The molecule has 0 unspecified atom stereocenters. The van der Waals surface area contributed by atoms with Crippen LogP contribution in [0, 0.1) is 5.92 Å². The third-order valence-electron chi connectivity index (χ3n) is 4.66. The van der Waals surface area contributed by atoms with Gasteiger partial charge in [-0.25, -0.2) is 4.79 Å². The molecule has 0 saturated carbocycles. The predicted molar refractivity (Wildman–Crippen MR) is 99.7 cm³/mol. The summed E-state index contributed by atoms with van der Waals surface area (Å²) in [6.45, 7) is 4.59. The normalized spacial score (nSPS) is 23.5. The summed E-state index contributed by atoms with van der Waals surface area (Å²) in [6.07, 6.45) is 2.68. The van der Waals surface area contributed by atoms with Crippen molar-refractivity contribution in [2.24, 2.45) is 11.1 Å². The van der Waals surface area contributed by atoms with E-state index in [0.717, 1.165) is 30.2 Å². The quantitative estimate of drug-likeness (QED) is 0.429. The van der Waals surface area contributed by atoms with Crippen LogP contribution in [0.2, 0.25) is 0 Å². The van der Waals surface area contributed by atoms with Crippen molar-refractivity contribution in [3.8, 4) is 0 Å². The molecule has 0 atom stereocenters. The second kappa shape index (κ2) is 8.54. The van der Waals surface area contributed by atoms with Gasteiger partial charge in [-0.1, -0.05) is 23.4 Å². The summed E-state index contributed by atoms with van der Waals surface area (Å²) in [5, 5.41) is 14.2. The minimum absolute atomic E-state index is 0.207. The van der Waals surface area contributed by atoms with Gasteiger partial charge in [0.15, 0.2) is 5.76 Å². The number of furan rings is 1. The lowest BCUT2D eigenvalue weighted by Gasteiger charge is -2.34. The molecule has 0 spiro atoms. The Kier molecular flexibility index (Phi) is 6.13. The molecule has 1 fully saturated rings. The van der Waals surface area contributed by atoms with Crippen LogP contribution < -0.4 is 0 Å². The van der Waals surface area contributed by atoms with Gasteiger partial charge in [-0.3, -0.25) is 0 Å². The smallest absolute Gasteiger partial charge is 0.364 e. The van der Waals surface area contributed by atoms with Crippen molar-refractivity contribution in [2.45, 2.75) is 38.9 Å². The summed E-state index contributed by atoms with van der Waals surface area (Å²) >= 11 is 0. The van der Waals surface area contributed by atoms with E-state index in [4.69, 9.17) is 23.8 Å². The standard InChI is InChI=1S/C20H25NO6/c1-14(18-11-16-8-3-4-9-17(16)27-18)21-26-10-6-5-7-15-12-24-20(2,19(22)23)25-13-15/h3-4,8-9,11,15H,5-7,10,12-13H2,1-2H3,(H,22,23). The average Bonchev–Trinajstić information content (AvgIpc) is 3.10. The third kappa shape index (κ3) is 4.87. The van der Waals surface area contributed by atoms with E-state index in [-0.39, 0.29) is 5.92 Å². The maximum absolute atomic E-state index is 11.0. The molecule has 7 nitrogen and oxygen atoms in total. The zero-order chi connectivity index (χ0) is 19.3. The Morgan fingerprint density at radius 3 is 2.74 bits per heavy atom. The fourth-order valence-corrected chi connectivity index (χ4v) is 2.88. The highest BCUT2D eigenvalue weighted by atomic mass is 16.7. The number of carbonyl (C=O) groups is 1. The number of nitrogens with zero attached hydrogens (tertiary/aromatic N) is 1. The summed E-state index contributed by atoms with van der Waals surface area (Å²) in [4.78, 5) is 16.4. The highest BCUT2D eigenvalue weighted by Gasteiger charge is 2.40. The molecule has 1 N–H and O–H groups in total. The minimum atomic E-state index is -1.51. The Bertz CT molecular complexity index is 771. The van der Waals surface area contributed by atoms with Gasteiger partial charge in [-0.2, -0.15) is 0 Å². The molecule has 1 aliphatic heterocycles. The van der Waals surface area contributed by atoms with Crippen molar-refractivity contribution < 1.29 is 28.6 Å². The number of rotatable bonds is 8. The SMILES string of the molecule is CC(=NOCCCCC1COC(C)(C(=O)O)OC1)c1cc2ccccc2o1. The van der Waals surface area contributed by atoms with E-state index in [2.05, 4.69) is 5.16 Å². The lowest BCUT2D eigenvalue weighted by atomic mass is 10.0. The number of oxime groups is 1. The van der Waals surface area contributed by atoms with Crippen molar-refractivity contribution in [1.82, 2.24) is 0 Å². The number of carboxylic acid groups (broad SMARTS) is 1. The molecule has 3 rings (SSSR count). The summed E-state index contributed by atoms with van der Waals surface area (Å²) in [5.41, 5.74) is 1.53. The molecule has 0 aliphatic carbocycles. The maximum atomic E-state index is 11.0. The third-order valence-corrected chi connectivity index (χ3v) is 4.66. The monoisotopic (exact) mass is 375 g/mol. The number of hydrogen-bond acceptors (Lipinski definition) is 6. The van der Waals surface area contributed by atoms with E-state index < -0.39 is 11.8 Å². The fourth-order valence-electron chi connectivity index (χ4n) is 2.88. The molecule has 27 heavy (non-hydrogen) atoms. The molecule has 0 radical (unpaired) electrons. The van der Waals surface area contributed by atoms with Crippen LogP contribution in [0.4, 0.5) is 0 Å². The van der Waals surface area contributed by atoms with Crippen LogP contribution in [0.3, 0.4) is 0 Å². The molecule has 1 aromatic carbocycles. The zero-order valence-corrected chi connectivity index (χ0v) is 15.6. The Balaban J connectivity index is 1.34. The molecular formula is C20H25NO6. The molecule has 1 aromatic heterocycles. The summed E-state index contributed by atoms with van der Waals surface area (Å²) < 4.78 is 16.4. The van der Waals surface area contributed by atoms with E-state index >= 15 is 0 Å². The number of carboxylic acids is 1. The number of fused-ring (bicyclic) bond motifs is 1. The molecule has 2 aromatic rings. The first-order chi connectivity index (χ1) is 13.0. The van der Waals surface area contributed by atoms with Crippen LogP contribution in [0.15, 0.2) is 39.9 Å². The fraction of sp³-hybridized carbons (Fsp3) is 0.500. The second-order valence-corrected chi connectivity index (χ2v) is 6.89. The number of para-hydroxylation sites is 1. The average molecular weight is 375 g/mol. The Morgan fingerprint density at radius 1 is 1.30 bits per heavy atom. The van der Waals surface area contributed by atoms with E-state index in [1.165, 1.54) is 6.92 Å². The number of unbranched alkanes of at least 4 members (excludes halogenated alkanes) is 1. The number of ether oxygens (including phenoxy) is 2. The Labute approximate surface area is 157 Å². The maximum Gasteiger partial charge on any atom is 0.364 e. The molecule has 2 heterocycles. The number of aliphatic carboxylic acids is 1. The summed E-state index contributed by atoms with van der Waals surface area (Å²) in [6, 6.07) is 9.77. The summed E-state index contributed by atoms with van der Waals surface area (Å²) in [7, 11) is 0. The van der Waals surface area contributed by atoms with Crippen molar-refractivity contribution >= 4 is 22.7 Å². The van der Waals surface area contributed by atoms with Crippen molar-refractivity contribution in [1.29, 1.82) is 0 Å². The Morgan fingerprint density at radius 2 is 2.04 bits per heavy atom. The van der Waals surface area contributed by atoms with Crippen LogP contribution in [0.1, 0.15) is 38.9 Å². The van der Waals surface area contributed by atoms with E-state index in [1.54, 1.807) is 0 Å². The van der Waals surface area contributed by atoms with E-state index in [0.29, 0.717) is 31.3 Å². The van der Waals surface area contributed by atoms with Crippen molar-refractivity contribution in [3.05, 3.63) is 36.1 Å². The second-order valence-electron chi connectivity index (χ2n) is 6.89. The molecule has 0 bridgehead atoms. The van der Waals surface area contributed by atoms with Crippen LogP contribution in [-0.4, -0.2) is 42.4 Å². The first kappa shape index (κ1) is 19.4. The molecule has 7 heteroatoms. The Hall–Kier alpha value is -2.38. The first-order valence-electron chi connectivity index (χ1n) is 9.15. The lowest BCUT2D eigenvalue weighted by Crippen LogP contribution is -2.47. The molecule has 146 valence electrons. The van der Waals surface area contributed by atoms with Crippen LogP contribution in [0.25, 0.3) is 11.0 Å². The van der Waals surface area contributed by atoms with Gasteiger partial charge in [0.05, 0.1) is 13.2 Å². The van der Waals surface area contributed by atoms with Gasteiger partial charge in [0, 0.05) is 18.2 Å². The highest BCUT2D eigenvalue weighted by molar-refractivity contribution is 5.99. The molecule has 1 aliphatic rings. The van der Waals surface area contributed by atoms with Crippen molar-refractivity contribution in [2.75, 3.05) is 19.8 Å². The van der Waals surface area contributed by atoms with E-state index in [1.807, 2.05) is 37.3 Å². The van der Waals surface area contributed by atoms with Crippen LogP contribution in [-0.2, 0) is 19.1 Å². The number of hydrogen-bond donors (Lipinski definition) is 1. The highest BCUT2D eigenvalue weighted by Crippen LogP contribution is 2.24. The largest absolute Gasteiger partial charge is 0.477 e. The van der Waals surface area contributed by atoms with Crippen LogP contribution >= 0.6 is 0 Å². The van der Waals surface area contributed by atoms with Gasteiger partial charge in [0.2, 0.25) is 0 Å². The topological polar surface area (TPSA) is 90.5 Å². The summed E-state index contributed by atoms with van der Waals surface area (Å²) in [5.74, 6) is -1.69. The molecular weight excluding hydrogens is 350 g/mol. The van der Waals surface area contributed by atoms with E-state index in [9.17, 15) is 4.79 Å². The minimum Gasteiger partial charge on any atom is -0.477 e. The zero-order valence-electron chi connectivity index (χ0n) is 15.6. The van der Waals surface area contributed by atoms with Gasteiger partial charge >= 0.3 is 5.97 Å². The lowest BCUT2D eigenvalue weighted by molar-refractivity contribution is -0.271. The van der Waals surface area contributed by atoms with Gasteiger partial charge in [-0.05, 0) is 38.3 Å². The predicted octanol–water partition coefficient (Wildman–Crippen LogP) is 3.81. The van der Waals surface area contributed by atoms with Gasteiger partial charge in [-0.15, -0.1) is 0 Å². The first-order valence-corrected chi connectivity index (χ1v) is 9.15. The van der Waals surface area contributed by atoms with Crippen molar-refractivity contribution in [3.63, 3.8) is 0 Å². The number of benzene rings is 1.